The van der Waals surface area contributed by atoms with Gasteiger partial charge in [-0.1, -0.05) is 62.2 Å². The molecule has 0 saturated heterocycles. The van der Waals surface area contributed by atoms with Gasteiger partial charge in [-0.3, -0.25) is 0 Å². The summed E-state index contributed by atoms with van der Waals surface area (Å²) in [5.74, 6) is 1.61. The van der Waals surface area contributed by atoms with Gasteiger partial charge in [-0.15, -0.1) is 0 Å². The summed E-state index contributed by atoms with van der Waals surface area (Å²) in [6.07, 6.45) is 3.36. The molecule has 2 aromatic carbocycles. The molecule has 0 aliphatic heterocycles. The summed E-state index contributed by atoms with van der Waals surface area (Å²) < 4.78 is 6.90. The van der Waals surface area contributed by atoms with Gasteiger partial charge in [-0.2, -0.15) is 0 Å². The molecule has 1 nitrogen and oxygen atoms in total. The number of para-hydroxylation sites is 1. The van der Waals surface area contributed by atoms with Crippen LogP contribution in [0.1, 0.15) is 18.4 Å². The molecule has 1 atom stereocenters. The van der Waals surface area contributed by atoms with Gasteiger partial charge in [0.15, 0.2) is 0 Å². The lowest BCUT2D eigenvalue weighted by atomic mass is 9.97. The Labute approximate surface area is 144 Å². The van der Waals surface area contributed by atoms with Crippen LogP contribution < -0.4 is 4.74 Å². The van der Waals surface area contributed by atoms with Crippen molar-refractivity contribution in [3.8, 4) is 5.75 Å². The fourth-order valence-corrected chi connectivity index (χ4v) is 3.31. The highest BCUT2D eigenvalue weighted by Gasteiger charge is 2.08. The molecule has 0 N–H and O–H groups in total. The minimum atomic E-state index is 0.652. The van der Waals surface area contributed by atoms with E-state index in [1.165, 1.54) is 12.0 Å². The Kier molecular flexibility index (Phi) is 7.31. The Morgan fingerprint density at radius 3 is 2.52 bits per heavy atom. The van der Waals surface area contributed by atoms with Crippen LogP contribution in [0.3, 0.4) is 0 Å². The zero-order chi connectivity index (χ0) is 14.9. The minimum absolute atomic E-state index is 0.652. The normalized spacial score (nSPS) is 12.1. The van der Waals surface area contributed by atoms with Gasteiger partial charge in [0, 0.05) is 9.80 Å². The molecule has 0 fully saturated rings. The van der Waals surface area contributed by atoms with Crippen molar-refractivity contribution in [2.24, 2.45) is 5.92 Å². The molecule has 0 radical (unpaired) electrons. The van der Waals surface area contributed by atoms with E-state index in [1.54, 1.807) is 0 Å². The van der Waals surface area contributed by atoms with Crippen LogP contribution >= 0.6 is 31.9 Å². The van der Waals surface area contributed by atoms with Gasteiger partial charge in [0.05, 0.1) is 6.61 Å². The highest BCUT2D eigenvalue weighted by molar-refractivity contribution is 9.10. The molecule has 1 unspecified atom stereocenters. The monoisotopic (exact) mass is 410 g/mol. The molecule has 0 heterocycles. The van der Waals surface area contributed by atoms with E-state index in [4.69, 9.17) is 4.74 Å². The maximum Gasteiger partial charge on any atom is 0.119 e. The maximum absolute atomic E-state index is 5.75. The van der Waals surface area contributed by atoms with Gasteiger partial charge in [0.25, 0.3) is 0 Å². The van der Waals surface area contributed by atoms with Gasteiger partial charge in [-0.05, 0) is 55.0 Å². The van der Waals surface area contributed by atoms with E-state index in [2.05, 4.69) is 56.1 Å². The lowest BCUT2D eigenvalue weighted by Crippen LogP contribution is -2.09. The summed E-state index contributed by atoms with van der Waals surface area (Å²) in [6.45, 7) is 0.784. The second-order valence-corrected chi connectivity index (χ2v) is 6.72. The Hall–Kier alpha value is -0.800. The quantitative estimate of drug-likeness (QED) is 0.390. The number of rotatable bonds is 8. The molecule has 21 heavy (non-hydrogen) atoms. The van der Waals surface area contributed by atoms with Crippen molar-refractivity contribution in [1.29, 1.82) is 0 Å². The highest BCUT2D eigenvalue weighted by Crippen LogP contribution is 2.20. The summed E-state index contributed by atoms with van der Waals surface area (Å²) in [4.78, 5) is 0. The number of halogens is 2. The van der Waals surface area contributed by atoms with Gasteiger partial charge in [0.2, 0.25) is 0 Å². The first-order valence-corrected chi connectivity index (χ1v) is 9.17. The number of ether oxygens (including phenoxy) is 1. The first-order chi connectivity index (χ1) is 10.3. The topological polar surface area (TPSA) is 9.23 Å². The van der Waals surface area contributed by atoms with E-state index in [0.717, 1.165) is 35.0 Å². The predicted molar refractivity (Wildman–Crippen MR) is 96.3 cm³/mol. The third-order valence-electron chi connectivity index (χ3n) is 3.40. The second-order valence-electron chi connectivity index (χ2n) is 5.16. The standard InChI is InChI=1S/C18H20Br2O/c19-14-16(12-15-6-4-8-17(20)13-15)7-5-11-21-18-9-2-1-3-10-18/h1-4,6,8-10,13,16H,5,7,11-12,14H2. The molecule has 0 aliphatic carbocycles. The third-order valence-corrected chi connectivity index (χ3v) is 4.81. The summed E-state index contributed by atoms with van der Waals surface area (Å²) in [6, 6.07) is 18.6. The van der Waals surface area contributed by atoms with Gasteiger partial charge in [0.1, 0.15) is 5.75 Å². The summed E-state index contributed by atoms with van der Waals surface area (Å²) in [5, 5.41) is 1.03. The molecule has 0 bridgehead atoms. The van der Waals surface area contributed by atoms with E-state index in [1.807, 2.05) is 30.3 Å². The van der Waals surface area contributed by atoms with Crippen LogP contribution in [-0.2, 0) is 6.42 Å². The van der Waals surface area contributed by atoms with Crippen molar-refractivity contribution < 1.29 is 4.74 Å². The van der Waals surface area contributed by atoms with Crippen LogP contribution in [0.4, 0.5) is 0 Å². The smallest absolute Gasteiger partial charge is 0.119 e. The second kappa shape index (κ2) is 9.26. The molecule has 0 saturated carbocycles. The van der Waals surface area contributed by atoms with Crippen molar-refractivity contribution in [2.75, 3.05) is 11.9 Å². The van der Waals surface area contributed by atoms with Gasteiger partial charge < -0.3 is 4.74 Å². The Bertz CT molecular complexity index is 528. The molecular formula is C18H20Br2O. The van der Waals surface area contributed by atoms with Crippen molar-refractivity contribution in [3.05, 3.63) is 64.6 Å². The Morgan fingerprint density at radius 2 is 1.81 bits per heavy atom. The van der Waals surface area contributed by atoms with Crippen LogP contribution in [0.5, 0.6) is 5.75 Å². The average molecular weight is 412 g/mol. The van der Waals surface area contributed by atoms with Gasteiger partial charge >= 0.3 is 0 Å². The van der Waals surface area contributed by atoms with Crippen molar-refractivity contribution in [1.82, 2.24) is 0 Å². The Morgan fingerprint density at radius 1 is 1.00 bits per heavy atom. The van der Waals surface area contributed by atoms with Crippen LogP contribution in [0.2, 0.25) is 0 Å². The lowest BCUT2D eigenvalue weighted by Gasteiger charge is -2.14. The average Bonchev–Trinajstić information content (AvgIpc) is 2.51. The van der Waals surface area contributed by atoms with Crippen LogP contribution in [0.25, 0.3) is 0 Å². The fraction of sp³-hybridized carbons (Fsp3) is 0.333. The molecule has 0 spiro atoms. The molecule has 0 amide bonds. The largest absolute Gasteiger partial charge is 0.494 e. The molecule has 2 rings (SSSR count). The number of hydrogen-bond acceptors (Lipinski definition) is 1. The van der Waals surface area contributed by atoms with Crippen LogP contribution in [0.15, 0.2) is 59.1 Å². The molecular weight excluding hydrogens is 392 g/mol. The number of hydrogen-bond donors (Lipinski definition) is 0. The summed E-state index contributed by atoms with van der Waals surface area (Å²) in [7, 11) is 0. The predicted octanol–water partition coefficient (Wildman–Crippen LogP) is 5.86. The number of alkyl halides is 1. The first kappa shape index (κ1) is 16.6. The van der Waals surface area contributed by atoms with E-state index in [-0.39, 0.29) is 0 Å². The maximum atomic E-state index is 5.75. The van der Waals surface area contributed by atoms with Crippen LogP contribution in [-0.4, -0.2) is 11.9 Å². The van der Waals surface area contributed by atoms with Gasteiger partial charge in [-0.25, -0.2) is 0 Å². The summed E-state index contributed by atoms with van der Waals surface area (Å²) in [5.41, 5.74) is 1.39. The Balaban J connectivity index is 1.72. The van der Waals surface area contributed by atoms with Crippen molar-refractivity contribution >= 4 is 31.9 Å². The SMILES string of the molecule is BrCC(CCCOc1ccccc1)Cc1cccc(Br)c1. The van der Waals surface area contributed by atoms with Crippen molar-refractivity contribution in [3.63, 3.8) is 0 Å². The van der Waals surface area contributed by atoms with E-state index >= 15 is 0 Å². The van der Waals surface area contributed by atoms with E-state index < -0.39 is 0 Å². The molecule has 2 aromatic rings. The fourth-order valence-electron chi connectivity index (χ4n) is 2.31. The van der Waals surface area contributed by atoms with E-state index in [0.29, 0.717) is 5.92 Å². The number of benzene rings is 2. The first-order valence-electron chi connectivity index (χ1n) is 7.26. The van der Waals surface area contributed by atoms with E-state index in [9.17, 15) is 0 Å². The molecule has 0 aliphatic rings. The molecule has 3 heteroatoms. The van der Waals surface area contributed by atoms with Crippen LogP contribution in [0, 0.1) is 5.92 Å². The third kappa shape index (κ3) is 6.23. The lowest BCUT2D eigenvalue weighted by molar-refractivity contribution is 0.295. The molecule has 112 valence electrons. The summed E-state index contributed by atoms with van der Waals surface area (Å²) >= 11 is 7.17. The zero-order valence-electron chi connectivity index (χ0n) is 12.0. The minimum Gasteiger partial charge on any atom is -0.494 e. The van der Waals surface area contributed by atoms with Crippen molar-refractivity contribution in [2.45, 2.75) is 19.3 Å². The zero-order valence-corrected chi connectivity index (χ0v) is 15.1. The highest BCUT2D eigenvalue weighted by atomic mass is 79.9. The molecule has 0 aromatic heterocycles.